The van der Waals surface area contributed by atoms with E-state index in [1.165, 1.54) is 19.1 Å². The third kappa shape index (κ3) is 3.28. The molecule has 1 aromatic carbocycles. The number of carbonyl (C=O) groups excluding carboxylic acids is 2. The zero-order chi connectivity index (χ0) is 16.4. The fourth-order valence-corrected chi connectivity index (χ4v) is 2.69. The van der Waals surface area contributed by atoms with E-state index in [9.17, 15) is 19.7 Å². The number of Topliss-reactive ketones (excluding diaryl/α,β-unsaturated/α-hetero) is 2. The van der Waals surface area contributed by atoms with Gasteiger partial charge in [-0.15, -0.1) is 0 Å². The number of benzene rings is 1. The first-order chi connectivity index (χ1) is 10.3. The van der Waals surface area contributed by atoms with Gasteiger partial charge in [0.25, 0.3) is 0 Å². The molecule has 1 aromatic heterocycles. The number of ketones is 2. The molecule has 0 radical (unpaired) electrons. The highest BCUT2D eigenvalue weighted by atomic mass is 79.9. The predicted octanol–water partition coefficient (Wildman–Crippen LogP) is 3.02. The standard InChI is InChI=1S/C14H12BrN3O4/c1-7(19)10-4-3-9(5-11(10)15)13(20)6-12-14(18(21)22)17-8(2)16-12/h3-5H,6H2,1-2H3,(H,16,17). The topological polar surface area (TPSA) is 106 Å². The minimum absolute atomic E-state index is 0.0965. The molecule has 0 saturated heterocycles. The summed E-state index contributed by atoms with van der Waals surface area (Å²) in [4.78, 5) is 40.4. The van der Waals surface area contributed by atoms with Crippen LogP contribution >= 0.6 is 15.9 Å². The van der Waals surface area contributed by atoms with Gasteiger partial charge in [-0.3, -0.25) is 9.59 Å². The molecule has 22 heavy (non-hydrogen) atoms. The molecule has 7 nitrogen and oxygen atoms in total. The fraction of sp³-hybridized carbons (Fsp3) is 0.214. The highest BCUT2D eigenvalue weighted by Gasteiger charge is 2.21. The van der Waals surface area contributed by atoms with Crippen molar-refractivity contribution in [2.24, 2.45) is 0 Å². The molecule has 1 heterocycles. The lowest BCUT2D eigenvalue weighted by molar-refractivity contribution is -0.390. The van der Waals surface area contributed by atoms with Crippen molar-refractivity contribution in [3.63, 3.8) is 0 Å². The first-order valence-corrected chi connectivity index (χ1v) is 7.12. The number of halogens is 1. The summed E-state index contributed by atoms with van der Waals surface area (Å²) in [5, 5.41) is 10.9. The number of nitrogens with one attached hydrogen (secondary N) is 1. The Bertz CT molecular complexity index is 782. The number of aryl methyl sites for hydroxylation is 1. The quantitative estimate of drug-likeness (QED) is 0.497. The van der Waals surface area contributed by atoms with Crippen LogP contribution in [0.4, 0.5) is 5.82 Å². The third-order valence-electron chi connectivity index (χ3n) is 3.06. The first kappa shape index (κ1) is 16.0. The van der Waals surface area contributed by atoms with Gasteiger partial charge in [0.1, 0.15) is 5.69 Å². The van der Waals surface area contributed by atoms with Gasteiger partial charge in [-0.2, -0.15) is 0 Å². The molecule has 0 atom stereocenters. The Kier molecular flexibility index (Phi) is 4.51. The lowest BCUT2D eigenvalue weighted by Gasteiger charge is -2.04. The molecule has 2 rings (SSSR count). The molecular formula is C14H12BrN3O4. The Morgan fingerprint density at radius 1 is 1.41 bits per heavy atom. The van der Waals surface area contributed by atoms with E-state index in [0.717, 1.165) is 0 Å². The summed E-state index contributed by atoms with van der Waals surface area (Å²) in [6.45, 7) is 3.01. The third-order valence-corrected chi connectivity index (χ3v) is 3.71. The molecule has 0 aliphatic heterocycles. The van der Waals surface area contributed by atoms with E-state index in [1.807, 2.05) is 0 Å². The van der Waals surface area contributed by atoms with Crippen molar-refractivity contribution in [2.75, 3.05) is 0 Å². The van der Waals surface area contributed by atoms with Crippen LogP contribution in [0.15, 0.2) is 22.7 Å². The van der Waals surface area contributed by atoms with Crippen LogP contribution in [0.1, 0.15) is 39.2 Å². The summed E-state index contributed by atoms with van der Waals surface area (Å²) in [6, 6.07) is 4.60. The molecule has 0 saturated carbocycles. The number of aromatic nitrogens is 2. The Hall–Kier alpha value is -2.35. The summed E-state index contributed by atoms with van der Waals surface area (Å²) in [5.74, 6) is -0.331. The molecule has 0 aliphatic rings. The number of rotatable bonds is 5. The Morgan fingerprint density at radius 3 is 2.64 bits per heavy atom. The monoisotopic (exact) mass is 365 g/mol. The molecule has 0 amide bonds. The summed E-state index contributed by atoms with van der Waals surface area (Å²) in [7, 11) is 0. The van der Waals surface area contributed by atoms with Crippen LogP contribution in [0.25, 0.3) is 0 Å². The van der Waals surface area contributed by atoms with Crippen LogP contribution in [0, 0.1) is 17.0 Å². The molecule has 0 aliphatic carbocycles. The summed E-state index contributed by atoms with van der Waals surface area (Å²) >= 11 is 3.24. The summed E-state index contributed by atoms with van der Waals surface area (Å²) < 4.78 is 0.513. The molecule has 8 heteroatoms. The molecule has 0 unspecified atom stereocenters. The van der Waals surface area contributed by atoms with E-state index in [4.69, 9.17) is 0 Å². The Morgan fingerprint density at radius 2 is 2.09 bits per heavy atom. The first-order valence-electron chi connectivity index (χ1n) is 6.33. The average Bonchev–Trinajstić information content (AvgIpc) is 2.79. The van der Waals surface area contributed by atoms with Crippen LogP contribution in [0.3, 0.4) is 0 Å². The maximum absolute atomic E-state index is 12.2. The minimum Gasteiger partial charge on any atom is -0.358 e. The maximum atomic E-state index is 12.2. The second kappa shape index (κ2) is 6.18. The van der Waals surface area contributed by atoms with Crippen molar-refractivity contribution in [1.82, 2.24) is 9.97 Å². The zero-order valence-electron chi connectivity index (χ0n) is 11.8. The van der Waals surface area contributed by atoms with Crippen LogP contribution < -0.4 is 0 Å². The van der Waals surface area contributed by atoms with Gasteiger partial charge in [-0.05, 0) is 24.0 Å². The fourth-order valence-electron chi connectivity index (χ4n) is 2.03. The molecule has 0 fully saturated rings. The number of hydrogen-bond acceptors (Lipinski definition) is 5. The van der Waals surface area contributed by atoms with Gasteiger partial charge in [0, 0.05) is 22.5 Å². The second-order valence-corrected chi connectivity index (χ2v) is 5.58. The largest absolute Gasteiger partial charge is 0.358 e. The highest BCUT2D eigenvalue weighted by molar-refractivity contribution is 9.10. The predicted molar refractivity (Wildman–Crippen MR) is 82.2 cm³/mol. The average molecular weight is 366 g/mol. The normalized spacial score (nSPS) is 10.5. The molecule has 114 valence electrons. The Labute approximate surface area is 134 Å². The van der Waals surface area contributed by atoms with Gasteiger partial charge in [0.15, 0.2) is 17.4 Å². The number of aromatic amines is 1. The second-order valence-electron chi connectivity index (χ2n) is 4.73. The molecule has 2 aromatic rings. The van der Waals surface area contributed by atoms with Crippen molar-refractivity contribution < 1.29 is 14.5 Å². The zero-order valence-corrected chi connectivity index (χ0v) is 13.4. The number of carbonyl (C=O) groups is 2. The number of H-pyrrole nitrogens is 1. The van der Waals surface area contributed by atoms with Crippen molar-refractivity contribution in [1.29, 1.82) is 0 Å². The van der Waals surface area contributed by atoms with E-state index >= 15 is 0 Å². The Balaban J connectivity index is 2.28. The number of imidazole rings is 1. The van der Waals surface area contributed by atoms with Gasteiger partial charge in [-0.1, -0.05) is 22.0 Å². The van der Waals surface area contributed by atoms with E-state index in [-0.39, 0.29) is 29.5 Å². The van der Waals surface area contributed by atoms with Gasteiger partial charge < -0.3 is 10.1 Å². The van der Waals surface area contributed by atoms with Gasteiger partial charge in [-0.25, -0.2) is 9.97 Å². The SMILES string of the molecule is CC(=O)c1ccc(C(=O)Cc2nc(C)[nH]c2[N+](=O)[O-])cc1Br. The van der Waals surface area contributed by atoms with E-state index in [1.54, 1.807) is 13.0 Å². The van der Waals surface area contributed by atoms with Crippen molar-refractivity contribution in [2.45, 2.75) is 20.3 Å². The van der Waals surface area contributed by atoms with Crippen molar-refractivity contribution >= 4 is 33.3 Å². The summed E-state index contributed by atoms with van der Waals surface area (Å²) in [6.07, 6.45) is -0.188. The van der Waals surface area contributed by atoms with Crippen molar-refractivity contribution in [3.8, 4) is 0 Å². The number of nitrogens with zero attached hydrogens (tertiary/aromatic N) is 2. The highest BCUT2D eigenvalue weighted by Crippen LogP contribution is 2.22. The van der Waals surface area contributed by atoms with Gasteiger partial charge >= 0.3 is 5.82 Å². The smallest absolute Gasteiger partial charge is 0.344 e. The lowest BCUT2D eigenvalue weighted by atomic mass is 10.0. The number of hydrogen-bond donors (Lipinski definition) is 1. The van der Waals surface area contributed by atoms with E-state index in [2.05, 4.69) is 25.9 Å². The maximum Gasteiger partial charge on any atom is 0.344 e. The van der Waals surface area contributed by atoms with Crippen LogP contribution in [-0.4, -0.2) is 26.5 Å². The van der Waals surface area contributed by atoms with Crippen LogP contribution in [0.5, 0.6) is 0 Å². The lowest BCUT2D eigenvalue weighted by Crippen LogP contribution is -2.07. The molecule has 1 N–H and O–H groups in total. The number of nitro groups is 1. The van der Waals surface area contributed by atoms with Crippen molar-refractivity contribution in [3.05, 3.63) is 55.4 Å². The minimum atomic E-state index is -0.600. The van der Waals surface area contributed by atoms with E-state index < -0.39 is 4.92 Å². The van der Waals surface area contributed by atoms with Gasteiger partial charge in [0.2, 0.25) is 0 Å². The van der Waals surface area contributed by atoms with Gasteiger partial charge in [0.05, 0.1) is 6.42 Å². The summed E-state index contributed by atoms with van der Waals surface area (Å²) in [5.41, 5.74) is 0.921. The molecule has 0 spiro atoms. The van der Waals surface area contributed by atoms with E-state index in [0.29, 0.717) is 21.4 Å². The van der Waals surface area contributed by atoms with Crippen LogP contribution in [-0.2, 0) is 6.42 Å². The van der Waals surface area contributed by atoms with Crippen LogP contribution in [0.2, 0.25) is 0 Å². The molecular weight excluding hydrogens is 354 g/mol. The molecule has 0 bridgehead atoms.